The van der Waals surface area contributed by atoms with Crippen molar-refractivity contribution in [3.05, 3.63) is 32.7 Å². The van der Waals surface area contributed by atoms with Crippen molar-refractivity contribution >= 4 is 49.5 Å². The SMILES string of the molecule is CCSC1CCC(NC(=O)c2ccc(Br)cc2Br)C1. The van der Waals surface area contributed by atoms with E-state index in [1.807, 2.05) is 30.0 Å². The molecule has 0 bridgehead atoms. The third kappa shape index (κ3) is 4.23. The highest BCUT2D eigenvalue weighted by molar-refractivity contribution is 9.11. The Hall–Kier alpha value is -0.000000000000000111. The Balaban J connectivity index is 1.94. The van der Waals surface area contributed by atoms with E-state index in [1.54, 1.807) is 0 Å². The van der Waals surface area contributed by atoms with E-state index in [0.29, 0.717) is 16.9 Å². The predicted molar refractivity (Wildman–Crippen MR) is 88.9 cm³/mol. The molecule has 19 heavy (non-hydrogen) atoms. The molecule has 5 heteroatoms. The standard InChI is InChI=1S/C14H17Br2NOS/c1-2-19-11-5-4-10(8-11)17-14(18)12-6-3-9(15)7-13(12)16/h3,6-7,10-11H,2,4-5,8H2,1H3,(H,17,18). The molecule has 1 aliphatic rings. The van der Waals surface area contributed by atoms with Crippen LogP contribution in [0.4, 0.5) is 0 Å². The van der Waals surface area contributed by atoms with Crippen molar-refractivity contribution in [3.63, 3.8) is 0 Å². The van der Waals surface area contributed by atoms with E-state index >= 15 is 0 Å². The molecule has 1 fully saturated rings. The van der Waals surface area contributed by atoms with Gasteiger partial charge in [-0.2, -0.15) is 11.8 Å². The molecule has 1 saturated carbocycles. The predicted octanol–water partition coefficient (Wildman–Crippen LogP) is 4.62. The highest BCUT2D eigenvalue weighted by Crippen LogP contribution is 2.30. The molecule has 104 valence electrons. The molecule has 1 amide bonds. The average molecular weight is 407 g/mol. The Morgan fingerprint density at radius 2 is 2.21 bits per heavy atom. The Bertz CT molecular complexity index is 467. The third-order valence-corrected chi connectivity index (χ3v) is 5.68. The number of nitrogens with one attached hydrogen (secondary N) is 1. The topological polar surface area (TPSA) is 29.1 Å². The summed E-state index contributed by atoms with van der Waals surface area (Å²) in [6, 6.07) is 5.96. The van der Waals surface area contributed by atoms with Crippen LogP contribution in [0.2, 0.25) is 0 Å². The maximum atomic E-state index is 12.2. The lowest BCUT2D eigenvalue weighted by Gasteiger charge is -2.14. The molecule has 1 aliphatic carbocycles. The van der Waals surface area contributed by atoms with E-state index in [0.717, 1.165) is 27.5 Å². The maximum absolute atomic E-state index is 12.2. The monoisotopic (exact) mass is 405 g/mol. The fourth-order valence-corrected chi connectivity index (χ4v) is 4.76. The van der Waals surface area contributed by atoms with Gasteiger partial charge >= 0.3 is 0 Å². The molecule has 0 aliphatic heterocycles. The molecule has 1 aromatic carbocycles. The molecular formula is C14H17Br2NOS. The number of amides is 1. The van der Waals surface area contributed by atoms with Gasteiger partial charge in [-0.3, -0.25) is 4.79 Å². The lowest BCUT2D eigenvalue weighted by Crippen LogP contribution is -2.33. The summed E-state index contributed by atoms with van der Waals surface area (Å²) in [4.78, 5) is 12.2. The summed E-state index contributed by atoms with van der Waals surface area (Å²) >= 11 is 8.84. The summed E-state index contributed by atoms with van der Waals surface area (Å²) in [7, 11) is 0. The van der Waals surface area contributed by atoms with Crippen molar-refractivity contribution in [2.24, 2.45) is 0 Å². The number of hydrogen-bond acceptors (Lipinski definition) is 2. The highest BCUT2D eigenvalue weighted by Gasteiger charge is 2.26. The van der Waals surface area contributed by atoms with Gasteiger partial charge < -0.3 is 5.32 Å². The second kappa shape index (κ2) is 7.14. The lowest BCUT2D eigenvalue weighted by molar-refractivity contribution is 0.0937. The third-order valence-electron chi connectivity index (χ3n) is 3.30. The van der Waals surface area contributed by atoms with E-state index in [-0.39, 0.29) is 5.91 Å². The number of benzene rings is 1. The van der Waals surface area contributed by atoms with Gasteiger partial charge in [-0.05, 0) is 59.1 Å². The van der Waals surface area contributed by atoms with E-state index < -0.39 is 0 Å². The molecule has 1 aromatic rings. The maximum Gasteiger partial charge on any atom is 0.252 e. The van der Waals surface area contributed by atoms with Crippen LogP contribution >= 0.6 is 43.6 Å². The second-order valence-corrected chi connectivity index (χ2v) is 8.03. The number of carbonyl (C=O) groups excluding carboxylic acids is 1. The first-order valence-corrected chi connectivity index (χ1v) is 9.11. The zero-order chi connectivity index (χ0) is 13.8. The van der Waals surface area contributed by atoms with Gasteiger partial charge in [0.15, 0.2) is 0 Å². The number of rotatable bonds is 4. The van der Waals surface area contributed by atoms with E-state index in [1.165, 1.54) is 6.42 Å². The zero-order valence-electron chi connectivity index (χ0n) is 10.8. The van der Waals surface area contributed by atoms with E-state index in [9.17, 15) is 4.79 Å². The minimum absolute atomic E-state index is 0.0199. The van der Waals surface area contributed by atoms with Gasteiger partial charge in [0.25, 0.3) is 5.91 Å². The number of halogens is 2. The Morgan fingerprint density at radius 1 is 1.42 bits per heavy atom. The van der Waals surface area contributed by atoms with Gasteiger partial charge in [0, 0.05) is 20.2 Å². The van der Waals surface area contributed by atoms with Crippen LogP contribution < -0.4 is 5.32 Å². The molecule has 1 N–H and O–H groups in total. The first-order valence-electron chi connectivity index (χ1n) is 6.47. The zero-order valence-corrected chi connectivity index (χ0v) is 14.8. The fourth-order valence-electron chi connectivity index (χ4n) is 2.40. The summed E-state index contributed by atoms with van der Waals surface area (Å²) in [5.74, 6) is 1.18. The van der Waals surface area contributed by atoms with Crippen LogP contribution in [0.15, 0.2) is 27.1 Å². The minimum atomic E-state index is 0.0199. The largest absolute Gasteiger partial charge is 0.349 e. The number of carbonyl (C=O) groups is 1. The van der Waals surface area contributed by atoms with Crippen LogP contribution in [0.1, 0.15) is 36.5 Å². The second-order valence-electron chi connectivity index (χ2n) is 4.68. The molecular weight excluding hydrogens is 390 g/mol. The van der Waals surface area contributed by atoms with Gasteiger partial charge in [-0.1, -0.05) is 22.9 Å². The Morgan fingerprint density at radius 3 is 2.89 bits per heavy atom. The molecule has 2 atom stereocenters. The Labute approximate surface area is 135 Å². The highest BCUT2D eigenvalue weighted by atomic mass is 79.9. The molecule has 0 heterocycles. The minimum Gasteiger partial charge on any atom is -0.349 e. The van der Waals surface area contributed by atoms with Gasteiger partial charge in [0.05, 0.1) is 5.56 Å². The molecule has 2 rings (SSSR count). The van der Waals surface area contributed by atoms with Crippen molar-refractivity contribution < 1.29 is 4.79 Å². The number of hydrogen-bond donors (Lipinski definition) is 1. The lowest BCUT2D eigenvalue weighted by atomic mass is 10.2. The molecule has 0 radical (unpaired) electrons. The summed E-state index contributed by atoms with van der Waals surface area (Å²) in [6.07, 6.45) is 3.40. The first-order chi connectivity index (χ1) is 9.10. The van der Waals surface area contributed by atoms with Gasteiger partial charge in [-0.15, -0.1) is 0 Å². The van der Waals surface area contributed by atoms with Crippen molar-refractivity contribution in [1.29, 1.82) is 0 Å². The van der Waals surface area contributed by atoms with Crippen LogP contribution in [0.5, 0.6) is 0 Å². The van der Waals surface area contributed by atoms with Crippen LogP contribution in [-0.4, -0.2) is 23.0 Å². The van der Waals surface area contributed by atoms with Gasteiger partial charge in [0.1, 0.15) is 0 Å². The van der Waals surface area contributed by atoms with Crippen molar-refractivity contribution in [1.82, 2.24) is 5.32 Å². The quantitative estimate of drug-likeness (QED) is 0.790. The van der Waals surface area contributed by atoms with Gasteiger partial charge in [0.2, 0.25) is 0 Å². The van der Waals surface area contributed by atoms with Gasteiger partial charge in [-0.25, -0.2) is 0 Å². The smallest absolute Gasteiger partial charge is 0.252 e. The van der Waals surface area contributed by atoms with Crippen LogP contribution in [-0.2, 0) is 0 Å². The van der Waals surface area contributed by atoms with Crippen molar-refractivity contribution in [3.8, 4) is 0 Å². The summed E-state index contributed by atoms with van der Waals surface area (Å²) in [6.45, 7) is 2.19. The van der Waals surface area contributed by atoms with Crippen LogP contribution in [0.25, 0.3) is 0 Å². The molecule has 0 aromatic heterocycles. The summed E-state index contributed by atoms with van der Waals surface area (Å²) in [5.41, 5.74) is 0.704. The number of thioether (sulfide) groups is 1. The first kappa shape index (κ1) is 15.4. The fraction of sp³-hybridized carbons (Fsp3) is 0.500. The summed E-state index contributed by atoms with van der Waals surface area (Å²) in [5, 5.41) is 3.86. The van der Waals surface area contributed by atoms with Crippen LogP contribution in [0, 0.1) is 0 Å². The summed E-state index contributed by atoms with van der Waals surface area (Å²) < 4.78 is 1.80. The van der Waals surface area contributed by atoms with Crippen molar-refractivity contribution in [2.45, 2.75) is 37.5 Å². The normalized spacial score (nSPS) is 22.5. The van der Waals surface area contributed by atoms with Crippen molar-refractivity contribution in [2.75, 3.05) is 5.75 Å². The van der Waals surface area contributed by atoms with E-state index in [2.05, 4.69) is 44.1 Å². The molecule has 0 saturated heterocycles. The molecule has 2 nitrogen and oxygen atoms in total. The molecule has 2 unspecified atom stereocenters. The average Bonchev–Trinajstić information content (AvgIpc) is 2.76. The molecule has 0 spiro atoms. The van der Waals surface area contributed by atoms with E-state index in [4.69, 9.17) is 0 Å². The van der Waals surface area contributed by atoms with Crippen LogP contribution in [0.3, 0.4) is 0 Å². The Kier molecular flexibility index (Phi) is 5.78.